The van der Waals surface area contributed by atoms with Crippen LogP contribution in [-0.2, 0) is 25.8 Å². The Morgan fingerprint density at radius 1 is 1.36 bits per heavy atom. The molecule has 1 atom stereocenters. The molecule has 0 unspecified atom stereocenters. The fourth-order valence-electron chi connectivity index (χ4n) is 3.43. The topological polar surface area (TPSA) is 52.0 Å². The zero-order valence-electron chi connectivity index (χ0n) is 14.4. The van der Waals surface area contributed by atoms with Crippen molar-refractivity contribution in [2.75, 3.05) is 0 Å². The van der Waals surface area contributed by atoms with Gasteiger partial charge in [-0.2, -0.15) is 0 Å². The highest BCUT2D eigenvalue weighted by atomic mass is 32.1. The van der Waals surface area contributed by atoms with Crippen LogP contribution in [0.5, 0.6) is 0 Å². The van der Waals surface area contributed by atoms with Crippen LogP contribution >= 0.6 is 22.7 Å². The van der Waals surface area contributed by atoms with Crippen molar-refractivity contribution in [2.24, 2.45) is 5.92 Å². The smallest absolute Gasteiger partial charge is 0.262 e. The van der Waals surface area contributed by atoms with Crippen molar-refractivity contribution in [1.82, 2.24) is 9.55 Å². The molecule has 0 aliphatic heterocycles. The monoisotopic (exact) mass is 372 g/mol. The van der Waals surface area contributed by atoms with E-state index in [-0.39, 0.29) is 17.9 Å². The number of ketones is 1. The Labute approximate surface area is 154 Å². The molecular formula is C19H20N2O2S2. The fraction of sp³-hybridized carbons (Fsp3) is 0.421. The number of Topliss-reactive ketones (excluding diaryl/α,β-unsaturated/α-hetero) is 1. The van der Waals surface area contributed by atoms with Gasteiger partial charge in [0.2, 0.25) is 0 Å². The molecule has 0 saturated heterocycles. The normalized spacial score (nSPS) is 17.0. The lowest BCUT2D eigenvalue weighted by molar-refractivity contribution is 0.0974. The fourth-order valence-corrected chi connectivity index (χ4v) is 5.65. The molecule has 3 aromatic rings. The van der Waals surface area contributed by atoms with Gasteiger partial charge < -0.3 is 0 Å². The van der Waals surface area contributed by atoms with E-state index in [0.717, 1.165) is 35.9 Å². The van der Waals surface area contributed by atoms with Crippen molar-refractivity contribution >= 4 is 38.7 Å². The van der Waals surface area contributed by atoms with Crippen molar-refractivity contribution in [2.45, 2.75) is 46.1 Å². The second kappa shape index (κ2) is 6.50. The highest BCUT2D eigenvalue weighted by Crippen LogP contribution is 2.35. The predicted molar refractivity (Wildman–Crippen MR) is 103 cm³/mol. The molecule has 6 heteroatoms. The zero-order valence-corrected chi connectivity index (χ0v) is 16.0. The summed E-state index contributed by atoms with van der Waals surface area (Å²) in [4.78, 5) is 34.0. The van der Waals surface area contributed by atoms with E-state index in [4.69, 9.17) is 0 Å². The molecule has 1 aliphatic rings. The van der Waals surface area contributed by atoms with E-state index >= 15 is 0 Å². The molecule has 4 nitrogen and oxygen atoms in total. The van der Waals surface area contributed by atoms with Gasteiger partial charge in [0, 0.05) is 9.75 Å². The maximum Gasteiger partial charge on any atom is 0.262 e. The third-order valence-electron chi connectivity index (χ3n) is 4.88. The first-order valence-electron chi connectivity index (χ1n) is 8.68. The van der Waals surface area contributed by atoms with Crippen LogP contribution in [0.4, 0.5) is 0 Å². The van der Waals surface area contributed by atoms with Gasteiger partial charge in [0.1, 0.15) is 4.83 Å². The van der Waals surface area contributed by atoms with Crippen LogP contribution in [0.1, 0.15) is 45.3 Å². The molecule has 1 aliphatic carbocycles. The van der Waals surface area contributed by atoms with Crippen molar-refractivity contribution in [3.63, 3.8) is 0 Å². The summed E-state index contributed by atoms with van der Waals surface area (Å²) >= 11 is 3.15. The van der Waals surface area contributed by atoms with E-state index in [1.54, 1.807) is 11.3 Å². The zero-order chi connectivity index (χ0) is 17.6. The number of hydrogen-bond donors (Lipinski definition) is 0. The van der Waals surface area contributed by atoms with Crippen LogP contribution in [0.2, 0.25) is 0 Å². The van der Waals surface area contributed by atoms with Crippen molar-refractivity contribution in [1.29, 1.82) is 0 Å². The van der Waals surface area contributed by atoms with E-state index in [9.17, 15) is 9.59 Å². The number of thiophene rings is 2. The molecule has 4 rings (SSSR count). The van der Waals surface area contributed by atoms with Gasteiger partial charge in [0.05, 0.1) is 23.1 Å². The lowest BCUT2D eigenvalue weighted by Crippen LogP contribution is -2.25. The van der Waals surface area contributed by atoms with Gasteiger partial charge in [0.25, 0.3) is 5.56 Å². The van der Waals surface area contributed by atoms with Gasteiger partial charge in [-0.3, -0.25) is 14.2 Å². The molecule has 25 heavy (non-hydrogen) atoms. The quantitative estimate of drug-likeness (QED) is 0.648. The third kappa shape index (κ3) is 2.98. The third-order valence-corrected chi connectivity index (χ3v) is 7.31. The summed E-state index contributed by atoms with van der Waals surface area (Å²) in [6, 6.07) is 3.84. The summed E-state index contributed by atoms with van der Waals surface area (Å²) in [5.74, 6) is 0.640. The van der Waals surface area contributed by atoms with E-state index < -0.39 is 0 Å². The maximum atomic E-state index is 13.0. The van der Waals surface area contributed by atoms with Gasteiger partial charge in [-0.1, -0.05) is 13.8 Å². The largest absolute Gasteiger partial charge is 0.291 e. The average Bonchev–Trinajstić information content (AvgIpc) is 3.21. The number of carbonyl (C=O) groups excluding carboxylic acids is 1. The van der Waals surface area contributed by atoms with Crippen LogP contribution in [0.25, 0.3) is 10.2 Å². The second-order valence-electron chi connectivity index (χ2n) is 6.75. The first-order chi connectivity index (χ1) is 12.1. The molecule has 0 spiro atoms. The van der Waals surface area contributed by atoms with Crippen molar-refractivity contribution in [3.05, 3.63) is 49.0 Å². The van der Waals surface area contributed by atoms with E-state index in [0.29, 0.717) is 10.8 Å². The summed E-state index contributed by atoms with van der Waals surface area (Å²) in [5, 5.41) is 0.739. The molecule has 0 fully saturated rings. The van der Waals surface area contributed by atoms with Crippen LogP contribution in [0, 0.1) is 5.92 Å². The van der Waals surface area contributed by atoms with Crippen molar-refractivity contribution < 1.29 is 4.79 Å². The first-order valence-corrected chi connectivity index (χ1v) is 10.3. The Hall–Kier alpha value is -1.79. The molecule has 0 bridgehead atoms. The molecule has 0 radical (unpaired) electrons. The number of aryl methyl sites for hydroxylation is 2. The predicted octanol–water partition coefficient (Wildman–Crippen LogP) is 4.09. The minimum Gasteiger partial charge on any atom is -0.291 e. The number of rotatable bonds is 4. The Bertz CT molecular complexity index is 1010. The Kier molecular flexibility index (Phi) is 4.33. The number of hydrogen-bond acceptors (Lipinski definition) is 5. The highest BCUT2D eigenvalue weighted by molar-refractivity contribution is 7.18. The van der Waals surface area contributed by atoms with Crippen LogP contribution < -0.4 is 5.56 Å². The SMILES string of the molecule is CCc1ccc(C(=O)Cn2cnc3sc4c(c3c2=O)CC[C@@H](C)C4)s1. The Morgan fingerprint density at radius 2 is 2.20 bits per heavy atom. The Morgan fingerprint density at radius 3 is 2.96 bits per heavy atom. The lowest BCUT2D eigenvalue weighted by atomic mass is 9.89. The molecule has 130 valence electrons. The van der Waals surface area contributed by atoms with Gasteiger partial charge in [0.15, 0.2) is 5.78 Å². The summed E-state index contributed by atoms with van der Waals surface area (Å²) in [6.07, 6.45) is 5.54. The number of aromatic nitrogens is 2. The molecule has 3 aromatic heterocycles. The molecule has 3 heterocycles. The lowest BCUT2D eigenvalue weighted by Gasteiger charge is -2.17. The number of carbonyl (C=O) groups is 1. The van der Waals surface area contributed by atoms with Gasteiger partial charge in [-0.25, -0.2) is 4.98 Å². The minimum atomic E-state index is -0.0716. The molecular weight excluding hydrogens is 352 g/mol. The summed E-state index contributed by atoms with van der Waals surface area (Å²) in [6.45, 7) is 4.39. The second-order valence-corrected chi connectivity index (χ2v) is 9.00. The Balaban J connectivity index is 1.70. The molecule has 0 amide bonds. The van der Waals surface area contributed by atoms with Gasteiger partial charge in [-0.05, 0) is 49.3 Å². The molecule has 0 saturated carbocycles. The first kappa shape index (κ1) is 16.7. The highest BCUT2D eigenvalue weighted by Gasteiger charge is 2.23. The van der Waals surface area contributed by atoms with E-state index in [1.807, 2.05) is 12.1 Å². The van der Waals surface area contributed by atoms with Crippen LogP contribution in [-0.4, -0.2) is 15.3 Å². The minimum absolute atomic E-state index is 0.0225. The maximum absolute atomic E-state index is 13.0. The average molecular weight is 373 g/mol. The van der Waals surface area contributed by atoms with Crippen molar-refractivity contribution in [3.8, 4) is 0 Å². The van der Waals surface area contributed by atoms with E-state index in [1.165, 1.54) is 37.5 Å². The number of fused-ring (bicyclic) bond motifs is 3. The summed E-state index contributed by atoms with van der Waals surface area (Å²) in [7, 11) is 0. The van der Waals surface area contributed by atoms with E-state index in [2.05, 4.69) is 18.8 Å². The molecule has 0 aromatic carbocycles. The summed E-state index contributed by atoms with van der Waals surface area (Å²) in [5.41, 5.74) is 1.10. The molecule has 0 N–H and O–H groups in total. The summed E-state index contributed by atoms with van der Waals surface area (Å²) < 4.78 is 1.47. The number of nitrogens with zero attached hydrogens (tertiary/aromatic N) is 2. The van der Waals surface area contributed by atoms with Gasteiger partial charge >= 0.3 is 0 Å². The standard InChI is InChI=1S/C19H20N2O2S2/c1-3-12-5-7-15(24-12)14(22)9-21-10-20-18-17(19(21)23)13-6-4-11(2)8-16(13)25-18/h5,7,10-11H,3-4,6,8-9H2,1-2H3/t11-/m1/s1. The van der Waals surface area contributed by atoms with Crippen LogP contribution in [0.3, 0.4) is 0 Å². The van der Waals surface area contributed by atoms with Crippen LogP contribution in [0.15, 0.2) is 23.3 Å². The van der Waals surface area contributed by atoms with Gasteiger partial charge in [-0.15, -0.1) is 22.7 Å².